The molecule has 2 aromatic carbocycles. The number of anilines is 1. The van der Waals surface area contributed by atoms with Crippen molar-refractivity contribution in [2.24, 2.45) is 0 Å². The molecule has 0 saturated heterocycles. The third kappa shape index (κ3) is 2.30. The first-order valence-corrected chi connectivity index (χ1v) is 6.68. The Kier molecular flexibility index (Phi) is 3.25. The Morgan fingerprint density at radius 2 is 1.85 bits per heavy atom. The Morgan fingerprint density at radius 3 is 2.65 bits per heavy atom. The van der Waals surface area contributed by atoms with Crippen LogP contribution in [0.5, 0.6) is 11.5 Å². The Morgan fingerprint density at radius 1 is 1.05 bits per heavy atom. The van der Waals surface area contributed by atoms with Gasteiger partial charge in [0.1, 0.15) is 11.5 Å². The molecule has 1 heterocycles. The van der Waals surface area contributed by atoms with Gasteiger partial charge in [-0.1, -0.05) is 31.2 Å². The van der Waals surface area contributed by atoms with Crippen molar-refractivity contribution in [3.63, 3.8) is 0 Å². The molecule has 0 unspecified atom stereocenters. The minimum absolute atomic E-state index is 0.761. The van der Waals surface area contributed by atoms with Gasteiger partial charge in [-0.25, -0.2) is 0 Å². The summed E-state index contributed by atoms with van der Waals surface area (Å²) < 4.78 is 5.99. The zero-order valence-corrected chi connectivity index (χ0v) is 11.3. The van der Waals surface area contributed by atoms with Crippen LogP contribution >= 0.6 is 0 Å². The van der Waals surface area contributed by atoms with Gasteiger partial charge in [0.15, 0.2) is 0 Å². The van der Waals surface area contributed by atoms with E-state index in [0.717, 1.165) is 40.1 Å². The van der Waals surface area contributed by atoms with Crippen molar-refractivity contribution < 1.29 is 4.74 Å². The number of fused-ring (bicyclic) bond motifs is 1. The fourth-order valence-electron chi connectivity index (χ4n) is 2.22. The number of nitrogens with two attached hydrogens (primary N) is 1. The summed E-state index contributed by atoms with van der Waals surface area (Å²) in [7, 11) is 0. The molecule has 2 N–H and O–H groups in total. The fraction of sp³-hybridized carbons (Fsp3) is 0.118. The zero-order valence-electron chi connectivity index (χ0n) is 11.3. The molecular weight excluding hydrogens is 248 g/mol. The van der Waals surface area contributed by atoms with E-state index in [1.165, 1.54) is 0 Å². The Labute approximate surface area is 118 Å². The van der Waals surface area contributed by atoms with E-state index in [-0.39, 0.29) is 0 Å². The number of ether oxygens (including phenoxy) is 1. The molecule has 0 aliphatic rings. The first-order valence-electron chi connectivity index (χ1n) is 6.68. The summed E-state index contributed by atoms with van der Waals surface area (Å²) in [6.07, 6.45) is 2.66. The standard InChI is InChI=1S/C17H16N2O/c1-2-12-11-13(9-10-19-12)20-17-8-7-16(18)14-5-3-4-6-15(14)17/h3-11H,2,18H2,1H3. The number of nitrogens with zero attached hydrogens (tertiary/aromatic N) is 1. The van der Waals surface area contributed by atoms with Crippen LogP contribution in [0.25, 0.3) is 10.8 Å². The normalized spacial score (nSPS) is 10.7. The summed E-state index contributed by atoms with van der Waals surface area (Å²) in [6, 6.07) is 15.6. The lowest BCUT2D eigenvalue weighted by molar-refractivity contribution is 0.486. The van der Waals surface area contributed by atoms with Gasteiger partial charge in [0.05, 0.1) is 0 Å². The van der Waals surface area contributed by atoms with E-state index in [0.29, 0.717) is 0 Å². The first-order chi connectivity index (χ1) is 9.78. The van der Waals surface area contributed by atoms with Gasteiger partial charge in [0.25, 0.3) is 0 Å². The summed E-state index contributed by atoms with van der Waals surface area (Å²) in [4.78, 5) is 4.28. The van der Waals surface area contributed by atoms with E-state index in [2.05, 4.69) is 11.9 Å². The zero-order chi connectivity index (χ0) is 13.9. The summed E-state index contributed by atoms with van der Waals surface area (Å²) in [5.41, 5.74) is 7.78. The molecule has 3 aromatic rings. The number of hydrogen-bond donors (Lipinski definition) is 1. The van der Waals surface area contributed by atoms with E-state index in [1.807, 2.05) is 48.5 Å². The fourth-order valence-corrected chi connectivity index (χ4v) is 2.22. The molecule has 20 heavy (non-hydrogen) atoms. The SMILES string of the molecule is CCc1cc(Oc2ccc(N)c3ccccc23)ccn1. The smallest absolute Gasteiger partial charge is 0.135 e. The van der Waals surface area contributed by atoms with Crippen molar-refractivity contribution in [3.05, 3.63) is 60.4 Å². The van der Waals surface area contributed by atoms with Gasteiger partial charge in [-0.3, -0.25) is 4.98 Å². The molecule has 0 saturated carbocycles. The third-order valence-electron chi connectivity index (χ3n) is 3.30. The number of pyridine rings is 1. The lowest BCUT2D eigenvalue weighted by Crippen LogP contribution is -1.92. The van der Waals surface area contributed by atoms with Gasteiger partial charge < -0.3 is 10.5 Å². The molecule has 3 heteroatoms. The average Bonchev–Trinajstić information content (AvgIpc) is 2.51. The Balaban J connectivity index is 2.04. The number of hydrogen-bond acceptors (Lipinski definition) is 3. The van der Waals surface area contributed by atoms with Crippen LogP contribution in [0.15, 0.2) is 54.7 Å². The van der Waals surface area contributed by atoms with Gasteiger partial charge in [-0.15, -0.1) is 0 Å². The third-order valence-corrected chi connectivity index (χ3v) is 3.30. The minimum Gasteiger partial charge on any atom is -0.457 e. The van der Waals surface area contributed by atoms with Gasteiger partial charge in [0.2, 0.25) is 0 Å². The summed E-state index contributed by atoms with van der Waals surface area (Å²) >= 11 is 0. The minimum atomic E-state index is 0.761. The predicted octanol–water partition coefficient (Wildman–Crippen LogP) is 4.17. The quantitative estimate of drug-likeness (QED) is 0.722. The van der Waals surface area contributed by atoms with Crippen LogP contribution in [-0.4, -0.2) is 4.98 Å². The van der Waals surface area contributed by atoms with Crippen molar-refractivity contribution in [2.45, 2.75) is 13.3 Å². The summed E-state index contributed by atoms with van der Waals surface area (Å²) in [5, 5.41) is 2.03. The van der Waals surface area contributed by atoms with Crippen LogP contribution < -0.4 is 10.5 Å². The second kappa shape index (κ2) is 5.21. The number of rotatable bonds is 3. The highest BCUT2D eigenvalue weighted by Gasteiger charge is 2.06. The molecule has 0 fully saturated rings. The molecule has 0 spiro atoms. The lowest BCUT2D eigenvalue weighted by atomic mass is 10.1. The van der Waals surface area contributed by atoms with Crippen molar-refractivity contribution in [3.8, 4) is 11.5 Å². The average molecular weight is 264 g/mol. The van der Waals surface area contributed by atoms with Crippen LogP contribution in [-0.2, 0) is 6.42 Å². The van der Waals surface area contributed by atoms with Crippen molar-refractivity contribution in [2.75, 3.05) is 5.73 Å². The predicted molar refractivity (Wildman–Crippen MR) is 82.0 cm³/mol. The number of aromatic nitrogens is 1. The largest absolute Gasteiger partial charge is 0.457 e. The summed E-state index contributed by atoms with van der Waals surface area (Å²) in [6.45, 7) is 2.07. The molecule has 0 aliphatic heterocycles. The van der Waals surface area contributed by atoms with E-state index in [4.69, 9.17) is 10.5 Å². The monoisotopic (exact) mass is 264 g/mol. The number of nitrogen functional groups attached to an aromatic ring is 1. The van der Waals surface area contributed by atoms with Gasteiger partial charge in [-0.05, 0) is 24.6 Å². The van der Waals surface area contributed by atoms with E-state index < -0.39 is 0 Å². The first kappa shape index (κ1) is 12.5. The maximum atomic E-state index is 6.00. The van der Waals surface area contributed by atoms with Crippen LogP contribution in [0.4, 0.5) is 5.69 Å². The summed E-state index contributed by atoms with van der Waals surface area (Å²) in [5.74, 6) is 1.61. The van der Waals surface area contributed by atoms with Crippen molar-refractivity contribution in [1.29, 1.82) is 0 Å². The molecule has 0 radical (unpaired) electrons. The Bertz CT molecular complexity index is 753. The van der Waals surface area contributed by atoms with Crippen LogP contribution in [0.3, 0.4) is 0 Å². The second-order valence-electron chi connectivity index (χ2n) is 4.64. The van der Waals surface area contributed by atoms with Crippen LogP contribution in [0, 0.1) is 0 Å². The van der Waals surface area contributed by atoms with E-state index >= 15 is 0 Å². The molecule has 0 amide bonds. The maximum Gasteiger partial charge on any atom is 0.135 e. The molecule has 0 aliphatic carbocycles. The molecule has 0 bridgehead atoms. The highest BCUT2D eigenvalue weighted by molar-refractivity contribution is 5.97. The lowest BCUT2D eigenvalue weighted by Gasteiger charge is -2.11. The van der Waals surface area contributed by atoms with Crippen LogP contribution in [0.2, 0.25) is 0 Å². The molecule has 3 rings (SSSR count). The highest BCUT2D eigenvalue weighted by Crippen LogP contribution is 2.33. The molecule has 0 atom stereocenters. The molecule has 3 nitrogen and oxygen atoms in total. The highest BCUT2D eigenvalue weighted by atomic mass is 16.5. The number of benzene rings is 2. The van der Waals surface area contributed by atoms with Gasteiger partial charge in [-0.2, -0.15) is 0 Å². The molecule has 1 aromatic heterocycles. The van der Waals surface area contributed by atoms with Crippen molar-refractivity contribution in [1.82, 2.24) is 4.98 Å². The molecule has 100 valence electrons. The maximum absolute atomic E-state index is 6.00. The Hall–Kier alpha value is -2.55. The van der Waals surface area contributed by atoms with Crippen molar-refractivity contribution >= 4 is 16.5 Å². The van der Waals surface area contributed by atoms with E-state index in [1.54, 1.807) is 6.20 Å². The topological polar surface area (TPSA) is 48.1 Å². The van der Waals surface area contributed by atoms with Gasteiger partial charge >= 0.3 is 0 Å². The molecular formula is C17H16N2O. The second-order valence-corrected chi connectivity index (χ2v) is 4.64. The number of aryl methyl sites for hydroxylation is 1. The van der Waals surface area contributed by atoms with E-state index in [9.17, 15) is 0 Å². The van der Waals surface area contributed by atoms with Crippen LogP contribution in [0.1, 0.15) is 12.6 Å². The van der Waals surface area contributed by atoms with Gasteiger partial charge in [0, 0.05) is 34.4 Å².